The second kappa shape index (κ2) is 16.8. The van der Waals surface area contributed by atoms with Gasteiger partial charge in [0.05, 0.1) is 33.0 Å². The average Bonchev–Trinajstić information content (AvgIpc) is 2.77. The van der Waals surface area contributed by atoms with E-state index in [1.807, 2.05) is 0 Å². The van der Waals surface area contributed by atoms with Gasteiger partial charge in [-0.05, 0) is 42.3 Å². The van der Waals surface area contributed by atoms with Crippen LogP contribution in [0.15, 0.2) is 47.5 Å². The summed E-state index contributed by atoms with van der Waals surface area (Å²) in [5, 5.41) is 8.51. The molecule has 0 heterocycles. The lowest BCUT2D eigenvalue weighted by molar-refractivity contribution is -0.137. The minimum atomic E-state index is -0.633. The van der Waals surface area contributed by atoms with Crippen molar-refractivity contribution < 1.29 is 41.7 Å². The Morgan fingerprint density at radius 3 is 2.16 bits per heavy atom. The molecule has 0 atom stereocenters. The summed E-state index contributed by atoms with van der Waals surface area (Å²) in [6, 6.07) is 5.06. The smallest absolute Gasteiger partial charge is 0.331 e. The molecule has 0 amide bonds. The van der Waals surface area contributed by atoms with Crippen molar-refractivity contribution in [3.63, 3.8) is 0 Å². The average molecular weight is 523 g/mol. The Kier molecular flexibility index (Phi) is 15.3. The Hall–Kier alpha value is -2.85. The molecule has 176 valence electrons. The van der Waals surface area contributed by atoms with Gasteiger partial charge < -0.3 is 19.3 Å². The van der Waals surface area contributed by atoms with Gasteiger partial charge in [-0.2, -0.15) is 0 Å². The Balaban J connectivity index is 0.000000472. The van der Waals surface area contributed by atoms with Crippen molar-refractivity contribution in [2.24, 2.45) is 0 Å². The van der Waals surface area contributed by atoms with Gasteiger partial charge in [0.2, 0.25) is 0 Å². The summed E-state index contributed by atoms with van der Waals surface area (Å²) in [5.41, 5.74) is 0.00144. The minimum absolute atomic E-state index is 0.00144. The van der Waals surface area contributed by atoms with Crippen molar-refractivity contribution in [3.8, 4) is 11.5 Å². The molecule has 0 aliphatic carbocycles. The van der Waals surface area contributed by atoms with E-state index in [9.17, 15) is 22.4 Å². The summed E-state index contributed by atoms with van der Waals surface area (Å²) >= 11 is 2.94. The van der Waals surface area contributed by atoms with Crippen molar-refractivity contribution in [1.29, 1.82) is 0 Å². The fraction of sp³-hybridized carbons (Fsp3) is 0.227. The van der Waals surface area contributed by atoms with Gasteiger partial charge in [-0.1, -0.05) is 22.0 Å². The van der Waals surface area contributed by atoms with Crippen LogP contribution in [-0.2, 0) is 9.53 Å². The number of aliphatic hydroxyl groups is 1. The van der Waals surface area contributed by atoms with Crippen LogP contribution in [0.25, 0.3) is 6.08 Å². The van der Waals surface area contributed by atoms with Crippen LogP contribution < -0.4 is 9.47 Å². The quantitative estimate of drug-likeness (QED) is 0.312. The number of ether oxygens (including phenoxy) is 3. The Bertz CT molecular complexity index is 904. The summed E-state index contributed by atoms with van der Waals surface area (Å²) in [6.45, 7) is 1.95. The molecule has 0 saturated carbocycles. The second-order valence-electron chi connectivity index (χ2n) is 5.38. The molecule has 0 spiro atoms. The largest absolute Gasteiger partial charge is 0.494 e. The molecule has 0 radical (unpaired) electrons. The highest BCUT2D eigenvalue weighted by molar-refractivity contribution is 9.11. The molecule has 1 N–H and O–H groups in total. The third kappa shape index (κ3) is 11.0. The maximum absolute atomic E-state index is 13.2. The lowest BCUT2D eigenvalue weighted by atomic mass is 10.1. The predicted octanol–water partition coefficient (Wildman–Crippen LogP) is 5.41. The number of halogens is 5. The molecule has 0 aromatic heterocycles. The molecule has 5 nitrogen and oxygen atoms in total. The van der Waals surface area contributed by atoms with Gasteiger partial charge in [-0.15, -0.1) is 0 Å². The van der Waals surface area contributed by atoms with Crippen molar-refractivity contribution in [1.82, 2.24) is 0 Å². The van der Waals surface area contributed by atoms with E-state index in [0.29, 0.717) is 6.61 Å². The van der Waals surface area contributed by atoms with E-state index in [4.69, 9.17) is 9.84 Å². The van der Waals surface area contributed by atoms with Gasteiger partial charge in [-0.25, -0.2) is 22.4 Å². The Morgan fingerprint density at radius 1 is 1.03 bits per heavy atom. The van der Waals surface area contributed by atoms with Crippen LogP contribution >= 0.6 is 15.9 Å². The Labute approximate surface area is 192 Å². The van der Waals surface area contributed by atoms with Gasteiger partial charge in [0.1, 0.15) is 11.6 Å². The van der Waals surface area contributed by atoms with Crippen LogP contribution in [0.3, 0.4) is 0 Å². The van der Waals surface area contributed by atoms with E-state index in [2.05, 4.69) is 25.4 Å². The molecule has 32 heavy (non-hydrogen) atoms. The fourth-order valence-electron chi connectivity index (χ4n) is 1.96. The highest BCUT2D eigenvalue weighted by atomic mass is 79.9. The number of hydrogen-bond acceptors (Lipinski definition) is 5. The fourth-order valence-corrected chi connectivity index (χ4v) is 2.17. The molecular weight excluding hydrogens is 500 g/mol. The summed E-state index contributed by atoms with van der Waals surface area (Å²) < 4.78 is 64.7. The molecule has 0 unspecified atom stereocenters. The summed E-state index contributed by atoms with van der Waals surface area (Å²) in [5.74, 6) is -2.82. The summed E-state index contributed by atoms with van der Waals surface area (Å²) in [7, 11) is 2.55. The van der Waals surface area contributed by atoms with Crippen molar-refractivity contribution >= 4 is 28.0 Å². The molecule has 0 bridgehead atoms. The zero-order valence-electron chi connectivity index (χ0n) is 17.6. The molecule has 0 aliphatic heterocycles. The minimum Gasteiger partial charge on any atom is -0.494 e. The van der Waals surface area contributed by atoms with Gasteiger partial charge in [0.15, 0.2) is 23.1 Å². The third-order valence-electron chi connectivity index (χ3n) is 3.29. The van der Waals surface area contributed by atoms with Crippen LogP contribution in [0, 0.1) is 23.3 Å². The first kappa shape index (κ1) is 29.1. The van der Waals surface area contributed by atoms with Crippen molar-refractivity contribution in [2.45, 2.75) is 6.92 Å². The molecule has 2 aromatic rings. The van der Waals surface area contributed by atoms with E-state index >= 15 is 0 Å². The van der Waals surface area contributed by atoms with E-state index < -0.39 is 23.3 Å². The second-order valence-corrected chi connectivity index (χ2v) is 5.91. The van der Waals surface area contributed by atoms with Crippen LogP contribution in [-0.4, -0.2) is 38.5 Å². The summed E-state index contributed by atoms with van der Waals surface area (Å²) in [6.07, 6.45) is 3.89. The van der Waals surface area contributed by atoms with E-state index in [0.717, 1.165) is 30.3 Å². The molecule has 0 saturated heterocycles. The van der Waals surface area contributed by atoms with Crippen LogP contribution in [0.1, 0.15) is 12.5 Å². The normalized spacial score (nSPS) is 10.2. The molecule has 10 heteroatoms. The highest BCUT2D eigenvalue weighted by Crippen LogP contribution is 2.26. The topological polar surface area (TPSA) is 65.0 Å². The number of carbonyl (C=O) groups is 1. The molecule has 0 fully saturated rings. The van der Waals surface area contributed by atoms with Gasteiger partial charge in [-0.3, -0.25) is 0 Å². The standard InChI is InChI=1S/C10H10F2O2.C7H6F2O.C5H7BrO2/c1-14-10-7(3-2-6-13)8(11)4-5-9(10)12;1-10-7-4-5(8)2-3-6(7)9;1-2-8-5(7)3-4-6/h2-5,13H,6H2,1H3;2-4H,1H3;3-4H,2H2,1H3/b3-2-;;. The Morgan fingerprint density at radius 2 is 1.66 bits per heavy atom. The maximum atomic E-state index is 13.2. The molecular formula is C22H23BrF4O5. The molecule has 2 aromatic carbocycles. The number of aliphatic hydroxyl groups excluding tert-OH is 1. The number of hydrogen-bond donors (Lipinski definition) is 1. The number of benzene rings is 2. The first-order valence-electron chi connectivity index (χ1n) is 8.97. The number of carbonyl (C=O) groups excluding carboxylic acids is 1. The molecule has 2 rings (SSSR count). The number of rotatable bonds is 6. The third-order valence-corrected chi connectivity index (χ3v) is 3.55. The van der Waals surface area contributed by atoms with Gasteiger partial charge >= 0.3 is 5.97 Å². The van der Waals surface area contributed by atoms with Gasteiger partial charge in [0, 0.05) is 12.1 Å². The van der Waals surface area contributed by atoms with E-state index in [1.54, 1.807) is 6.92 Å². The van der Waals surface area contributed by atoms with E-state index in [1.165, 1.54) is 37.4 Å². The monoisotopic (exact) mass is 522 g/mol. The summed E-state index contributed by atoms with van der Waals surface area (Å²) in [4.78, 5) is 11.8. The zero-order valence-corrected chi connectivity index (χ0v) is 19.2. The van der Waals surface area contributed by atoms with Crippen LogP contribution in [0.5, 0.6) is 11.5 Å². The SMILES string of the molecule is CCOC(=O)C=CBr.COc1c(F)ccc(F)c1/C=C\CO.COc1cc(F)ccc1F. The predicted molar refractivity (Wildman–Crippen MR) is 117 cm³/mol. The van der Waals surface area contributed by atoms with Crippen molar-refractivity contribution in [3.05, 3.63) is 76.3 Å². The number of esters is 1. The van der Waals surface area contributed by atoms with E-state index in [-0.39, 0.29) is 29.6 Å². The zero-order chi connectivity index (χ0) is 24.5. The maximum Gasteiger partial charge on any atom is 0.331 e. The first-order chi connectivity index (χ1) is 15.2. The highest BCUT2D eigenvalue weighted by Gasteiger charge is 2.11. The van der Waals surface area contributed by atoms with Crippen molar-refractivity contribution in [2.75, 3.05) is 27.4 Å². The molecule has 0 aliphatic rings. The lowest BCUT2D eigenvalue weighted by Crippen LogP contribution is -1.97. The van der Waals surface area contributed by atoms with Gasteiger partial charge in [0.25, 0.3) is 0 Å². The van der Waals surface area contributed by atoms with Crippen LogP contribution in [0.4, 0.5) is 17.6 Å². The lowest BCUT2D eigenvalue weighted by Gasteiger charge is -2.06. The number of methoxy groups -OCH3 is 2. The van der Waals surface area contributed by atoms with Crippen LogP contribution in [0.2, 0.25) is 0 Å². The first-order valence-corrected chi connectivity index (χ1v) is 9.89.